The van der Waals surface area contributed by atoms with Crippen LogP contribution in [0, 0.1) is 13.8 Å². The van der Waals surface area contributed by atoms with Crippen LogP contribution in [-0.4, -0.2) is 84.9 Å². The van der Waals surface area contributed by atoms with Crippen LogP contribution in [0.4, 0.5) is 0 Å². The number of halogens is 1. The Morgan fingerprint density at radius 3 is 2.17 bits per heavy atom. The van der Waals surface area contributed by atoms with Gasteiger partial charge in [0.1, 0.15) is 30.2 Å². The third kappa shape index (κ3) is 4.97. The summed E-state index contributed by atoms with van der Waals surface area (Å²) in [5.74, 6) is 0.401. The fourth-order valence-electron chi connectivity index (χ4n) is 4.02. The first-order valence-electron chi connectivity index (χ1n) is 10.7. The third-order valence-corrected chi connectivity index (χ3v) is 6.79. The summed E-state index contributed by atoms with van der Waals surface area (Å²) in [4.78, 5) is 14.0. The molecule has 192 valence electrons. The molecular formula is C24H29BrO10. The van der Waals surface area contributed by atoms with E-state index < -0.39 is 43.1 Å². The molecule has 0 spiro atoms. The summed E-state index contributed by atoms with van der Waals surface area (Å²) < 4.78 is 28.3. The number of rotatable bonds is 8. The Balaban J connectivity index is 2.12. The molecule has 0 radical (unpaired) electrons. The first kappa shape index (κ1) is 27.2. The van der Waals surface area contributed by atoms with E-state index in [0.717, 1.165) is 0 Å². The van der Waals surface area contributed by atoms with Gasteiger partial charge in [-0.05, 0) is 43.2 Å². The number of aliphatic hydroxyl groups is 4. The predicted molar refractivity (Wildman–Crippen MR) is 128 cm³/mol. The summed E-state index contributed by atoms with van der Waals surface area (Å²) in [5, 5.41) is 40.1. The quantitative estimate of drug-likeness (QED) is 0.353. The molecule has 1 saturated heterocycles. The molecule has 2 aromatic rings. The maximum absolute atomic E-state index is 14.0. The van der Waals surface area contributed by atoms with Crippen LogP contribution in [-0.2, 0) is 4.74 Å². The highest BCUT2D eigenvalue weighted by Crippen LogP contribution is 2.44. The molecule has 11 heteroatoms. The molecule has 1 fully saturated rings. The average Bonchev–Trinajstić information content (AvgIpc) is 2.85. The van der Waals surface area contributed by atoms with Crippen LogP contribution >= 0.6 is 15.9 Å². The number of carbonyl (C=O) groups is 1. The number of aliphatic hydroxyl groups excluding tert-OH is 4. The van der Waals surface area contributed by atoms with Gasteiger partial charge >= 0.3 is 0 Å². The Bertz CT molecular complexity index is 1090. The molecule has 0 unspecified atom stereocenters. The van der Waals surface area contributed by atoms with E-state index in [-0.39, 0.29) is 28.4 Å². The van der Waals surface area contributed by atoms with Gasteiger partial charge in [0.2, 0.25) is 17.8 Å². The van der Waals surface area contributed by atoms with Gasteiger partial charge in [-0.2, -0.15) is 0 Å². The smallest absolute Gasteiger partial charge is 0.229 e. The van der Waals surface area contributed by atoms with Crippen molar-refractivity contribution in [3.05, 3.63) is 44.9 Å². The molecule has 10 nitrogen and oxygen atoms in total. The van der Waals surface area contributed by atoms with E-state index in [1.165, 1.54) is 27.4 Å². The van der Waals surface area contributed by atoms with Crippen molar-refractivity contribution in [2.45, 2.75) is 44.6 Å². The van der Waals surface area contributed by atoms with Crippen LogP contribution in [0.5, 0.6) is 23.0 Å². The third-order valence-electron chi connectivity index (χ3n) is 5.93. The number of methoxy groups -OCH3 is 3. The maximum Gasteiger partial charge on any atom is 0.229 e. The Hall–Kier alpha value is -2.41. The maximum atomic E-state index is 14.0. The summed E-state index contributed by atoms with van der Waals surface area (Å²) in [6.45, 7) is 2.82. The number of benzene rings is 2. The van der Waals surface area contributed by atoms with Crippen molar-refractivity contribution in [1.29, 1.82) is 0 Å². The van der Waals surface area contributed by atoms with Gasteiger partial charge in [-0.25, -0.2) is 0 Å². The molecule has 1 aliphatic rings. The molecule has 0 saturated carbocycles. The molecule has 35 heavy (non-hydrogen) atoms. The van der Waals surface area contributed by atoms with Crippen molar-refractivity contribution in [3.8, 4) is 23.0 Å². The van der Waals surface area contributed by atoms with Crippen LogP contribution in [0.1, 0.15) is 27.0 Å². The lowest BCUT2D eigenvalue weighted by atomic mass is 9.93. The van der Waals surface area contributed by atoms with Crippen LogP contribution in [0.3, 0.4) is 0 Å². The van der Waals surface area contributed by atoms with E-state index in [9.17, 15) is 25.2 Å². The zero-order valence-electron chi connectivity index (χ0n) is 19.9. The Labute approximate surface area is 211 Å². The Kier molecular flexibility index (Phi) is 8.63. The molecule has 0 aromatic heterocycles. The van der Waals surface area contributed by atoms with E-state index in [2.05, 4.69) is 15.9 Å². The normalized spacial score (nSPS) is 24.1. The lowest BCUT2D eigenvalue weighted by molar-refractivity contribution is -0.277. The van der Waals surface area contributed by atoms with Gasteiger partial charge in [0.25, 0.3) is 0 Å². The van der Waals surface area contributed by atoms with Crippen molar-refractivity contribution < 1.29 is 48.9 Å². The summed E-state index contributed by atoms with van der Waals surface area (Å²) in [6, 6.07) is 4.82. The van der Waals surface area contributed by atoms with Crippen molar-refractivity contribution in [1.82, 2.24) is 0 Å². The first-order chi connectivity index (χ1) is 16.6. The van der Waals surface area contributed by atoms with Gasteiger partial charge in [0, 0.05) is 4.47 Å². The Morgan fingerprint density at radius 1 is 0.943 bits per heavy atom. The molecule has 1 aliphatic heterocycles. The minimum Gasteiger partial charge on any atom is -0.493 e. The molecule has 0 aliphatic carbocycles. The first-order valence-corrected chi connectivity index (χ1v) is 11.5. The number of ether oxygens (including phenoxy) is 5. The lowest BCUT2D eigenvalue weighted by Gasteiger charge is -2.39. The fraction of sp³-hybridized carbons (Fsp3) is 0.458. The van der Waals surface area contributed by atoms with Gasteiger partial charge in [-0.3, -0.25) is 4.79 Å². The van der Waals surface area contributed by atoms with Gasteiger partial charge < -0.3 is 44.1 Å². The second-order valence-corrected chi connectivity index (χ2v) is 8.88. The van der Waals surface area contributed by atoms with Crippen molar-refractivity contribution in [2.75, 3.05) is 27.9 Å². The van der Waals surface area contributed by atoms with Crippen molar-refractivity contribution >= 4 is 21.7 Å². The summed E-state index contributed by atoms with van der Waals surface area (Å²) in [5.41, 5.74) is 1.45. The molecule has 0 amide bonds. The number of carbonyl (C=O) groups excluding carboxylic acids is 1. The molecular weight excluding hydrogens is 528 g/mol. The van der Waals surface area contributed by atoms with E-state index in [1.54, 1.807) is 26.0 Å². The number of hydrogen-bond acceptors (Lipinski definition) is 10. The minimum atomic E-state index is -1.64. The van der Waals surface area contributed by atoms with Gasteiger partial charge in [-0.1, -0.05) is 15.9 Å². The highest BCUT2D eigenvalue weighted by Gasteiger charge is 2.45. The van der Waals surface area contributed by atoms with Crippen LogP contribution in [0.15, 0.2) is 22.7 Å². The van der Waals surface area contributed by atoms with Gasteiger partial charge in [0.15, 0.2) is 11.5 Å². The fourth-order valence-corrected chi connectivity index (χ4v) is 4.35. The second-order valence-electron chi connectivity index (χ2n) is 8.03. The van der Waals surface area contributed by atoms with E-state index in [4.69, 9.17) is 23.7 Å². The highest BCUT2D eigenvalue weighted by molar-refractivity contribution is 9.10. The summed E-state index contributed by atoms with van der Waals surface area (Å²) >= 11 is 3.43. The second kappa shape index (κ2) is 11.1. The zero-order chi connectivity index (χ0) is 26.0. The molecule has 1 heterocycles. The lowest BCUT2D eigenvalue weighted by Crippen LogP contribution is -2.60. The predicted octanol–water partition coefficient (Wildman–Crippen LogP) is 1.50. The van der Waals surface area contributed by atoms with Crippen LogP contribution < -0.4 is 18.9 Å². The average molecular weight is 557 g/mol. The SMILES string of the molecule is COc1cc(C)c(C(=O)c2c(O[C@@H]3O[C@H](CO)[C@@H](O)[C@H](O)[C@H]3O)ccc(Br)c2C)c(OC)c1OC. The standard InChI is InChI=1S/C24H29BrO10/c1-10-8-14(31-3)22(32-4)23(33-5)16(10)19(28)17-11(2)12(25)6-7-13(17)34-24-21(30)20(29)18(27)15(9-26)35-24/h6-8,15,18,20-21,24,26-27,29-30H,9H2,1-5H3/t15-,18-,20+,21-,24-/m1/s1. The minimum absolute atomic E-state index is 0.0521. The van der Waals surface area contributed by atoms with Crippen LogP contribution in [0.2, 0.25) is 0 Å². The number of ketones is 1. The zero-order valence-corrected chi connectivity index (χ0v) is 21.5. The molecule has 0 bridgehead atoms. The number of hydrogen-bond donors (Lipinski definition) is 4. The van der Waals surface area contributed by atoms with Gasteiger partial charge in [0.05, 0.1) is 39.1 Å². The van der Waals surface area contributed by atoms with Crippen molar-refractivity contribution in [2.24, 2.45) is 0 Å². The summed E-state index contributed by atoms with van der Waals surface area (Å²) in [7, 11) is 4.32. The van der Waals surface area contributed by atoms with E-state index in [1.807, 2.05) is 0 Å². The van der Waals surface area contributed by atoms with Crippen molar-refractivity contribution in [3.63, 3.8) is 0 Å². The monoisotopic (exact) mass is 556 g/mol. The Morgan fingerprint density at radius 2 is 1.60 bits per heavy atom. The molecule has 3 rings (SSSR count). The topological polar surface area (TPSA) is 144 Å². The van der Waals surface area contributed by atoms with E-state index in [0.29, 0.717) is 21.3 Å². The van der Waals surface area contributed by atoms with Gasteiger partial charge in [-0.15, -0.1) is 0 Å². The van der Waals surface area contributed by atoms with E-state index >= 15 is 0 Å². The van der Waals surface area contributed by atoms with Crippen LogP contribution in [0.25, 0.3) is 0 Å². The molecule has 2 aromatic carbocycles. The molecule has 5 atom stereocenters. The summed E-state index contributed by atoms with van der Waals surface area (Å²) in [6.07, 6.45) is -7.44. The molecule has 4 N–H and O–H groups in total. The largest absolute Gasteiger partial charge is 0.493 e. The highest BCUT2D eigenvalue weighted by atomic mass is 79.9. The number of aryl methyl sites for hydroxylation is 1.